The molecule has 0 heterocycles. The van der Waals surface area contributed by atoms with E-state index in [0.29, 0.717) is 13.2 Å². The first-order valence-electron chi connectivity index (χ1n) is 7.41. The van der Waals surface area contributed by atoms with Gasteiger partial charge in [-0.15, -0.1) is 0 Å². The van der Waals surface area contributed by atoms with Crippen LogP contribution in [0.15, 0.2) is 61.2 Å². The van der Waals surface area contributed by atoms with Crippen LogP contribution in [0.1, 0.15) is 0 Å². The fourth-order valence-corrected chi connectivity index (χ4v) is 2.01. The molecule has 2 aromatic carbocycles. The van der Waals surface area contributed by atoms with Crippen LogP contribution < -0.4 is 9.47 Å². The molecule has 3 nitrogen and oxygen atoms in total. The highest BCUT2D eigenvalue weighted by Crippen LogP contribution is 2.25. The van der Waals surface area contributed by atoms with Gasteiger partial charge < -0.3 is 14.4 Å². The fourth-order valence-electron chi connectivity index (χ4n) is 2.01. The van der Waals surface area contributed by atoms with Crippen LogP contribution >= 0.6 is 0 Å². The van der Waals surface area contributed by atoms with E-state index in [2.05, 4.69) is 29.7 Å². The third-order valence-corrected chi connectivity index (χ3v) is 3.20. The van der Waals surface area contributed by atoms with Gasteiger partial charge in [-0.05, 0) is 49.5 Å². The molecule has 0 unspecified atom stereocenters. The zero-order chi connectivity index (χ0) is 15.8. The Hall–Kier alpha value is -2.26. The van der Waals surface area contributed by atoms with Crippen molar-refractivity contribution in [2.24, 2.45) is 0 Å². The molecule has 0 radical (unpaired) electrons. The second kappa shape index (κ2) is 8.25. The summed E-state index contributed by atoms with van der Waals surface area (Å²) in [5.41, 5.74) is 2.27. The van der Waals surface area contributed by atoms with Crippen molar-refractivity contribution >= 4 is 0 Å². The summed E-state index contributed by atoms with van der Waals surface area (Å²) in [6.07, 6.45) is 1.74. The van der Waals surface area contributed by atoms with E-state index < -0.39 is 0 Å². The SMILES string of the molecule is C=CCOc1cccc(-c2ccc(OCCN(C)C)cc2)c1. The molecule has 0 aliphatic heterocycles. The first-order valence-corrected chi connectivity index (χ1v) is 7.41. The number of hydrogen-bond donors (Lipinski definition) is 0. The van der Waals surface area contributed by atoms with Crippen molar-refractivity contribution < 1.29 is 9.47 Å². The molecule has 0 aliphatic rings. The van der Waals surface area contributed by atoms with Crippen LogP contribution in [0.3, 0.4) is 0 Å². The number of likely N-dealkylation sites (N-methyl/N-ethyl adjacent to an activating group) is 1. The number of benzene rings is 2. The Labute approximate surface area is 132 Å². The lowest BCUT2D eigenvalue weighted by molar-refractivity contribution is 0.261. The number of nitrogens with zero attached hydrogens (tertiary/aromatic N) is 1. The average Bonchev–Trinajstić information content (AvgIpc) is 2.53. The van der Waals surface area contributed by atoms with Crippen LogP contribution in [0.4, 0.5) is 0 Å². The van der Waals surface area contributed by atoms with Crippen LogP contribution in [-0.2, 0) is 0 Å². The zero-order valence-corrected chi connectivity index (χ0v) is 13.3. The third-order valence-electron chi connectivity index (χ3n) is 3.20. The molecule has 2 aromatic rings. The smallest absolute Gasteiger partial charge is 0.120 e. The molecule has 0 aliphatic carbocycles. The molecular formula is C19H23NO2. The summed E-state index contributed by atoms with van der Waals surface area (Å²) in [5, 5.41) is 0. The third kappa shape index (κ3) is 4.93. The Balaban J connectivity index is 2.02. The summed E-state index contributed by atoms with van der Waals surface area (Å²) in [5.74, 6) is 1.74. The summed E-state index contributed by atoms with van der Waals surface area (Å²) in [7, 11) is 4.07. The summed E-state index contributed by atoms with van der Waals surface area (Å²) < 4.78 is 11.3. The topological polar surface area (TPSA) is 21.7 Å². The van der Waals surface area contributed by atoms with Crippen molar-refractivity contribution in [2.75, 3.05) is 33.9 Å². The summed E-state index contributed by atoms with van der Waals surface area (Å²) in [6, 6.07) is 16.2. The largest absolute Gasteiger partial charge is 0.492 e. The van der Waals surface area contributed by atoms with Gasteiger partial charge in [0.1, 0.15) is 24.7 Å². The molecule has 0 aromatic heterocycles. The maximum Gasteiger partial charge on any atom is 0.120 e. The first-order chi connectivity index (χ1) is 10.7. The molecule has 0 N–H and O–H groups in total. The monoisotopic (exact) mass is 297 g/mol. The second-order valence-electron chi connectivity index (χ2n) is 5.30. The van der Waals surface area contributed by atoms with Gasteiger partial charge in [0.25, 0.3) is 0 Å². The van der Waals surface area contributed by atoms with Crippen molar-refractivity contribution in [1.82, 2.24) is 4.90 Å². The lowest BCUT2D eigenvalue weighted by atomic mass is 10.1. The first kappa shape index (κ1) is 16.1. The normalized spacial score (nSPS) is 10.5. The molecule has 0 fully saturated rings. The van der Waals surface area contributed by atoms with E-state index in [4.69, 9.17) is 9.47 Å². The lowest BCUT2D eigenvalue weighted by Gasteiger charge is -2.11. The van der Waals surface area contributed by atoms with Gasteiger partial charge in [0.15, 0.2) is 0 Å². The minimum absolute atomic E-state index is 0.516. The summed E-state index contributed by atoms with van der Waals surface area (Å²) in [6.45, 7) is 5.77. The number of rotatable bonds is 8. The maximum absolute atomic E-state index is 5.71. The average molecular weight is 297 g/mol. The lowest BCUT2D eigenvalue weighted by Crippen LogP contribution is -2.19. The molecule has 22 heavy (non-hydrogen) atoms. The van der Waals surface area contributed by atoms with Gasteiger partial charge in [-0.25, -0.2) is 0 Å². The fraction of sp³-hybridized carbons (Fsp3) is 0.263. The van der Waals surface area contributed by atoms with Gasteiger partial charge in [0, 0.05) is 6.54 Å². The minimum Gasteiger partial charge on any atom is -0.492 e. The molecule has 0 amide bonds. The summed E-state index contributed by atoms with van der Waals surface area (Å²) >= 11 is 0. The Morgan fingerprint density at radius 2 is 1.73 bits per heavy atom. The van der Waals surface area contributed by atoms with Crippen molar-refractivity contribution in [3.8, 4) is 22.6 Å². The van der Waals surface area contributed by atoms with Gasteiger partial charge in [0.2, 0.25) is 0 Å². The van der Waals surface area contributed by atoms with Gasteiger partial charge in [-0.3, -0.25) is 0 Å². The van der Waals surface area contributed by atoms with Crippen molar-refractivity contribution in [2.45, 2.75) is 0 Å². The molecule has 0 atom stereocenters. The van der Waals surface area contributed by atoms with E-state index in [9.17, 15) is 0 Å². The predicted octanol–water partition coefficient (Wildman–Crippen LogP) is 3.86. The number of hydrogen-bond acceptors (Lipinski definition) is 3. The van der Waals surface area contributed by atoms with Crippen LogP contribution in [0.2, 0.25) is 0 Å². The van der Waals surface area contributed by atoms with Crippen LogP contribution in [0, 0.1) is 0 Å². The van der Waals surface area contributed by atoms with E-state index in [1.54, 1.807) is 6.08 Å². The van der Waals surface area contributed by atoms with E-state index in [-0.39, 0.29) is 0 Å². The molecule has 0 bridgehead atoms. The maximum atomic E-state index is 5.71. The molecule has 0 saturated carbocycles. The van der Waals surface area contributed by atoms with Crippen molar-refractivity contribution in [3.63, 3.8) is 0 Å². The van der Waals surface area contributed by atoms with Gasteiger partial charge in [0.05, 0.1) is 0 Å². The van der Waals surface area contributed by atoms with Crippen LogP contribution in [0.5, 0.6) is 11.5 Å². The molecular weight excluding hydrogens is 274 g/mol. The second-order valence-corrected chi connectivity index (χ2v) is 5.30. The van der Waals surface area contributed by atoms with E-state index in [0.717, 1.165) is 29.2 Å². The zero-order valence-electron chi connectivity index (χ0n) is 13.3. The Kier molecular flexibility index (Phi) is 6.04. The van der Waals surface area contributed by atoms with Gasteiger partial charge in [-0.1, -0.05) is 36.9 Å². The number of ether oxygens (including phenoxy) is 2. The minimum atomic E-state index is 0.516. The van der Waals surface area contributed by atoms with Crippen LogP contribution in [-0.4, -0.2) is 38.8 Å². The van der Waals surface area contributed by atoms with E-state index >= 15 is 0 Å². The predicted molar refractivity (Wildman–Crippen MR) is 91.6 cm³/mol. The van der Waals surface area contributed by atoms with Crippen LogP contribution in [0.25, 0.3) is 11.1 Å². The highest BCUT2D eigenvalue weighted by Gasteiger charge is 2.01. The van der Waals surface area contributed by atoms with E-state index in [1.807, 2.05) is 44.4 Å². The van der Waals surface area contributed by atoms with Gasteiger partial charge in [-0.2, -0.15) is 0 Å². The van der Waals surface area contributed by atoms with E-state index in [1.165, 1.54) is 0 Å². The highest BCUT2D eigenvalue weighted by atomic mass is 16.5. The summed E-state index contributed by atoms with van der Waals surface area (Å²) in [4.78, 5) is 2.10. The molecule has 0 spiro atoms. The Bertz CT molecular complexity index is 591. The van der Waals surface area contributed by atoms with Crippen molar-refractivity contribution in [3.05, 3.63) is 61.2 Å². The molecule has 116 valence electrons. The standard InChI is InChI=1S/C19H23NO2/c1-4-13-21-19-7-5-6-17(15-19)16-8-10-18(11-9-16)22-14-12-20(2)3/h4-11,15H,1,12-14H2,2-3H3. The van der Waals surface area contributed by atoms with Gasteiger partial charge >= 0.3 is 0 Å². The molecule has 2 rings (SSSR count). The Morgan fingerprint density at radius 3 is 2.41 bits per heavy atom. The molecule has 0 saturated heterocycles. The Morgan fingerprint density at radius 1 is 0.955 bits per heavy atom. The van der Waals surface area contributed by atoms with Crippen molar-refractivity contribution in [1.29, 1.82) is 0 Å². The highest BCUT2D eigenvalue weighted by molar-refractivity contribution is 5.65. The quantitative estimate of drug-likeness (QED) is 0.691. The molecule has 3 heteroatoms.